The van der Waals surface area contributed by atoms with Crippen LogP contribution >= 0.6 is 0 Å². The molecule has 4 atom stereocenters. The number of aryl methyl sites for hydroxylation is 1. The Labute approximate surface area is 130 Å². The Morgan fingerprint density at radius 2 is 1.86 bits per heavy atom. The molecule has 3 nitrogen and oxygen atoms in total. The second-order valence-electron chi connectivity index (χ2n) is 7.96. The SMILES string of the molecule is CBC(C)n1nnc2c1CC[C@@H]1C(C(C)(C)BC)[C@@H]1CC2. The predicted octanol–water partition coefficient (Wildman–Crippen LogP) is 2.71. The Hall–Kier alpha value is -0.730. The van der Waals surface area contributed by atoms with Gasteiger partial charge in [0.2, 0.25) is 0 Å². The molecule has 1 fully saturated rings. The van der Waals surface area contributed by atoms with E-state index in [0.717, 1.165) is 31.5 Å². The second kappa shape index (κ2) is 5.48. The highest BCUT2D eigenvalue weighted by Gasteiger charge is 2.55. The Morgan fingerprint density at radius 1 is 1.19 bits per heavy atom. The predicted molar refractivity (Wildman–Crippen MR) is 91.9 cm³/mol. The van der Waals surface area contributed by atoms with Crippen LogP contribution in [0.15, 0.2) is 0 Å². The van der Waals surface area contributed by atoms with Crippen LogP contribution in [0.5, 0.6) is 0 Å². The third-order valence-corrected chi connectivity index (χ3v) is 6.45. The van der Waals surface area contributed by atoms with Crippen molar-refractivity contribution in [2.75, 3.05) is 0 Å². The van der Waals surface area contributed by atoms with Gasteiger partial charge in [0, 0.05) is 5.94 Å². The fourth-order valence-corrected chi connectivity index (χ4v) is 4.56. The van der Waals surface area contributed by atoms with Crippen molar-refractivity contribution in [2.24, 2.45) is 17.8 Å². The van der Waals surface area contributed by atoms with Crippen LogP contribution in [0, 0.1) is 17.8 Å². The molecule has 1 heterocycles. The molecule has 5 heteroatoms. The molecule has 3 rings (SSSR count). The number of nitrogens with zero attached hydrogens (tertiary/aromatic N) is 3. The topological polar surface area (TPSA) is 30.7 Å². The molecule has 0 radical (unpaired) electrons. The van der Waals surface area contributed by atoms with Gasteiger partial charge in [0.1, 0.15) is 14.6 Å². The Kier molecular flexibility index (Phi) is 3.96. The van der Waals surface area contributed by atoms with E-state index in [2.05, 4.69) is 49.4 Å². The Bertz CT molecular complexity index is 512. The molecule has 2 aliphatic rings. The van der Waals surface area contributed by atoms with Gasteiger partial charge < -0.3 is 0 Å². The summed E-state index contributed by atoms with van der Waals surface area (Å²) in [4.78, 5) is 0. The summed E-state index contributed by atoms with van der Waals surface area (Å²) in [5.41, 5.74) is 2.72. The zero-order chi connectivity index (χ0) is 15.2. The average Bonchev–Trinajstić information content (AvgIpc) is 3.01. The van der Waals surface area contributed by atoms with Crippen molar-refractivity contribution in [2.45, 2.75) is 71.4 Å². The third-order valence-electron chi connectivity index (χ3n) is 6.45. The molecule has 2 aliphatic carbocycles. The summed E-state index contributed by atoms with van der Waals surface area (Å²) >= 11 is 0. The van der Waals surface area contributed by atoms with Gasteiger partial charge in [-0.1, -0.05) is 44.9 Å². The van der Waals surface area contributed by atoms with Crippen LogP contribution in [0.1, 0.15) is 50.9 Å². The van der Waals surface area contributed by atoms with Crippen LogP contribution in [-0.4, -0.2) is 29.6 Å². The molecule has 21 heavy (non-hydrogen) atoms. The molecule has 114 valence electrons. The van der Waals surface area contributed by atoms with E-state index in [4.69, 9.17) is 0 Å². The maximum atomic E-state index is 4.50. The molecule has 1 aromatic heterocycles. The summed E-state index contributed by atoms with van der Waals surface area (Å²) in [6.07, 6.45) is 4.99. The minimum absolute atomic E-state index is 0.485. The molecule has 0 amide bonds. The van der Waals surface area contributed by atoms with Crippen molar-refractivity contribution in [1.82, 2.24) is 15.0 Å². The smallest absolute Gasteiger partial charge is 0.148 e. The van der Waals surface area contributed by atoms with Gasteiger partial charge in [-0.2, -0.15) is 0 Å². The first-order valence-corrected chi connectivity index (χ1v) is 8.92. The maximum absolute atomic E-state index is 4.50. The van der Waals surface area contributed by atoms with E-state index in [0.29, 0.717) is 11.3 Å². The maximum Gasteiger partial charge on any atom is 0.148 e. The molecule has 0 aliphatic heterocycles. The zero-order valence-corrected chi connectivity index (χ0v) is 14.4. The van der Waals surface area contributed by atoms with E-state index < -0.39 is 0 Å². The molecule has 0 N–H and O–H groups in total. The number of rotatable bonds is 4. The standard InChI is InChI=1S/C16H29B2N3/c1-10(17-4)21-14-9-7-12-11(6-8-13(14)19-20-21)15(12)16(2,3)18-5/h10-12,15,17-18H,6-9H2,1-5H3/t10?,11-,12+,15?/m1/s1. The minimum Gasteiger partial charge on any atom is -0.254 e. The van der Waals surface area contributed by atoms with Crippen molar-refractivity contribution in [1.29, 1.82) is 0 Å². The highest BCUT2D eigenvalue weighted by atomic mass is 15.4. The molecule has 0 aromatic carbocycles. The van der Waals surface area contributed by atoms with Gasteiger partial charge in [0.15, 0.2) is 0 Å². The number of hydrogen-bond acceptors (Lipinski definition) is 2. The Balaban J connectivity index is 1.77. The quantitative estimate of drug-likeness (QED) is 0.796. The zero-order valence-electron chi connectivity index (χ0n) is 14.4. The van der Waals surface area contributed by atoms with Crippen LogP contribution < -0.4 is 0 Å². The van der Waals surface area contributed by atoms with Crippen LogP contribution in [0.4, 0.5) is 0 Å². The highest BCUT2D eigenvalue weighted by molar-refractivity contribution is 6.38. The van der Waals surface area contributed by atoms with E-state index in [9.17, 15) is 0 Å². The van der Waals surface area contributed by atoms with Crippen LogP contribution in [0.25, 0.3) is 0 Å². The molecule has 0 bridgehead atoms. The van der Waals surface area contributed by atoms with Gasteiger partial charge in [-0.15, -0.1) is 5.10 Å². The first-order valence-electron chi connectivity index (χ1n) is 8.92. The van der Waals surface area contributed by atoms with Gasteiger partial charge in [-0.3, -0.25) is 4.68 Å². The molecule has 1 saturated carbocycles. The number of aromatic nitrogens is 3. The van der Waals surface area contributed by atoms with Crippen molar-refractivity contribution in [3.63, 3.8) is 0 Å². The van der Waals surface area contributed by atoms with Crippen LogP contribution in [0.2, 0.25) is 19.0 Å². The van der Waals surface area contributed by atoms with E-state index in [1.54, 1.807) is 0 Å². The van der Waals surface area contributed by atoms with Gasteiger partial charge in [-0.25, -0.2) is 0 Å². The van der Waals surface area contributed by atoms with Gasteiger partial charge >= 0.3 is 0 Å². The van der Waals surface area contributed by atoms with Gasteiger partial charge in [0.25, 0.3) is 0 Å². The summed E-state index contributed by atoms with van der Waals surface area (Å²) in [7, 11) is 2.43. The fourth-order valence-electron chi connectivity index (χ4n) is 4.56. The van der Waals surface area contributed by atoms with Crippen LogP contribution in [-0.2, 0) is 12.8 Å². The lowest BCUT2D eigenvalue weighted by Gasteiger charge is -2.22. The third kappa shape index (κ3) is 2.57. The van der Waals surface area contributed by atoms with Gasteiger partial charge in [0.05, 0.1) is 11.4 Å². The van der Waals surface area contributed by atoms with E-state index in [-0.39, 0.29) is 0 Å². The van der Waals surface area contributed by atoms with Crippen molar-refractivity contribution >= 4 is 14.6 Å². The summed E-state index contributed by atoms with van der Waals surface area (Å²) in [5, 5.41) is 9.46. The minimum atomic E-state index is 0.485. The molecular weight excluding hydrogens is 256 g/mol. The lowest BCUT2D eigenvalue weighted by atomic mass is 9.53. The molecule has 1 aromatic rings. The largest absolute Gasteiger partial charge is 0.254 e. The molecule has 2 unspecified atom stereocenters. The highest BCUT2D eigenvalue weighted by Crippen LogP contribution is 2.63. The van der Waals surface area contributed by atoms with Crippen molar-refractivity contribution in [3.8, 4) is 0 Å². The molecular formula is C16H29B2N3. The monoisotopic (exact) mass is 285 g/mol. The fraction of sp³-hybridized carbons (Fsp3) is 0.875. The molecule has 0 spiro atoms. The lowest BCUT2D eigenvalue weighted by molar-refractivity contribution is 0.502. The van der Waals surface area contributed by atoms with E-state index in [1.165, 1.54) is 37.9 Å². The van der Waals surface area contributed by atoms with E-state index in [1.807, 2.05) is 0 Å². The summed E-state index contributed by atoms with van der Waals surface area (Å²) in [6.45, 7) is 11.8. The van der Waals surface area contributed by atoms with Crippen molar-refractivity contribution in [3.05, 3.63) is 11.4 Å². The summed E-state index contributed by atoms with van der Waals surface area (Å²) in [6, 6.07) is 0. The first kappa shape index (κ1) is 15.2. The number of fused-ring (bicyclic) bond motifs is 2. The van der Waals surface area contributed by atoms with Crippen LogP contribution in [0.3, 0.4) is 0 Å². The van der Waals surface area contributed by atoms with E-state index >= 15 is 0 Å². The average molecular weight is 285 g/mol. The number of hydrogen-bond donors (Lipinski definition) is 0. The molecule has 0 saturated heterocycles. The summed E-state index contributed by atoms with van der Waals surface area (Å²) in [5.74, 6) is 3.32. The lowest BCUT2D eigenvalue weighted by Crippen LogP contribution is -2.16. The Morgan fingerprint density at radius 3 is 2.48 bits per heavy atom. The van der Waals surface area contributed by atoms with Gasteiger partial charge in [-0.05, 0) is 43.4 Å². The first-order chi connectivity index (χ1) is 9.99. The van der Waals surface area contributed by atoms with Crippen molar-refractivity contribution < 1.29 is 0 Å². The summed E-state index contributed by atoms with van der Waals surface area (Å²) < 4.78 is 2.21. The second-order valence-corrected chi connectivity index (χ2v) is 7.96. The normalized spacial score (nSPS) is 29.7.